The quantitative estimate of drug-likeness (QED) is 0.673. The molecule has 84 valence electrons. The molecular weight excluding hydrogens is 210 g/mol. The minimum Gasteiger partial charge on any atom is -0.399 e. The standard InChI is InChI=1S/2C6H6FN/c2*7-5-1-3-6(8)4-2-5/h2*1-4H,8H2. The van der Waals surface area contributed by atoms with Crippen molar-refractivity contribution in [2.24, 2.45) is 0 Å². The summed E-state index contributed by atoms with van der Waals surface area (Å²) in [5.74, 6) is -0.501. The lowest BCUT2D eigenvalue weighted by Gasteiger charge is -1.87. The van der Waals surface area contributed by atoms with Gasteiger partial charge in [-0.25, -0.2) is 8.78 Å². The lowest BCUT2D eigenvalue weighted by molar-refractivity contribution is 0.627. The number of halogens is 2. The lowest BCUT2D eigenvalue weighted by Crippen LogP contribution is -1.82. The lowest BCUT2D eigenvalue weighted by atomic mass is 10.3. The van der Waals surface area contributed by atoms with E-state index < -0.39 is 0 Å². The van der Waals surface area contributed by atoms with Crippen LogP contribution in [0.15, 0.2) is 48.5 Å². The zero-order valence-corrected chi connectivity index (χ0v) is 8.53. The van der Waals surface area contributed by atoms with Crippen molar-refractivity contribution in [1.82, 2.24) is 0 Å². The molecule has 4 N–H and O–H groups in total. The van der Waals surface area contributed by atoms with E-state index in [1.807, 2.05) is 0 Å². The van der Waals surface area contributed by atoms with Crippen LogP contribution in [0.1, 0.15) is 0 Å². The molecule has 16 heavy (non-hydrogen) atoms. The Morgan fingerprint density at radius 2 is 0.812 bits per heavy atom. The predicted octanol–water partition coefficient (Wildman–Crippen LogP) is 2.82. The van der Waals surface area contributed by atoms with E-state index in [0.717, 1.165) is 0 Å². The largest absolute Gasteiger partial charge is 0.399 e. The molecule has 0 unspecified atom stereocenters. The molecule has 0 aliphatic heterocycles. The summed E-state index contributed by atoms with van der Waals surface area (Å²) >= 11 is 0. The number of anilines is 2. The van der Waals surface area contributed by atoms with Crippen LogP contribution >= 0.6 is 0 Å². The smallest absolute Gasteiger partial charge is 0.123 e. The fourth-order valence-electron chi connectivity index (χ4n) is 0.926. The van der Waals surface area contributed by atoms with Crippen LogP contribution in [0.5, 0.6) is 0 Å². The van der Waals surface area contributed by atoms with Gasteiger partial charge in [-0.3, -0.25) is 0 Å². The molecule has 0 heterocycles. The molecule has 0 amide bonds. The van der Waals surface area contributed by atoms with Crippen LogP contribution in [0, 0.1) is 11.6 Å². The fourth-order valence-corrected chi connectivity index (χ4v) is 0.926. The first-order valence-electron chi connectivity index (χ1n) is 4.60. The van der Waals surface area contributed by atoms with Gasteiger partial charge >= 0.3 is 0 Å². The Hall–Kier alpha value is -2.10. The van der Waals surface area contributed by atoms with E-state index >= 15 is 0 Å². The minimum atomic E-state index is -0.251. The number of hydrogen-bond donors (Lipinski definition) is 2. The number of hydrogen-bond acceptors (Lipinski definition) is 2. The summed E-state index contributed by atoms with van der Waals surface area (Å²) in [4.78, 5) is 0. The Balaban J connectivity index is 0.000000160. The SMILES string of the molecule is Nc1ccc(F)cc1.Nc1ccc(F)cc1. The van der Waals surface area contributed by atoms with Crippen molar-refractivity contribution in [2.45, 2.75) is 0 Å². The van der Waals surface area contributed by atoms with Gasteiger partial charge in [0.2, 0.25) is 0 Å². The van der Waals surface area contributed by atoms with Crippen LogP contribution in [0.2, 0.25) is 0 Å². The van der Waals surface area contributed by atoms with Gasteiger partial charge in [-0.2, -0.15) is 0 Å². The minimum absolute atomic E-state index is 0.251. The summed E-state index contributed by atoms with van der Waals surface area (Å²) in [7, 11) is 0. The van der Waals surface area contributed by atoms with E-state index in [0.29, 0.717) is 11.4 Å². The molecule has 2 rings (SSSR count). The van der Waals surface area contributed by atoms with Crippen LogP contribution in [0.4, 0.5) is 20.2 Å². The molecule has 0 atom stereocenters. The zero-order chi connectivity index (χ0) is 12.0. The highest BCUT2D eigenvalue weighted by Crippen LogP contribution is 2.02. The van der Waals surface area contributed by atoms with Gasteiger partial charge in [0.05, 0.1) is 0 Å². The highest BCUT2D eigenvalue weighted by atomic mass is 19.1. The molecule has 2 nitrogen and oxygen atoms in total. The van der Waals surface area contributed by atoms with Crippen molar-refractivity contribution < 1.29 is 8.78 Å². The van der Waals surface area contributed by atoms with E-state index in [-0.39, 0.29) is 11.6 Å². The zero-order valence-electron chi connectivity index (χ0n) is 8.53. The number of benzene rings is 2. The van der Waals surface area contributed by atoms with Crippen LogP contribution in [0.25, 0.3) is 0 Å². The second kappa shape index (κ2) is 5.70. The molecule has 0 spiro atoms. The van der Waals surface area contributed by atoms with Crippen molar-refractivity contribution in [3.05, 3.63) is 60.2 Å². The van der Waals surface area contributed by atoms with Crippen molar-refractivity contribution >= 4 is 11.4 Å². The van der Waals surface area contributed by atoms with Crippen molar-refractivity contribution in [3.63, 3.8) is 0 Å². The van der Waals surface area contributed by atoms with Crippen molar-refractivity contribution in [3.8, 4) is 0 Å². The fraction of sp³-hybridized carbons (Fsp3) is 0. The molecule has 0 aliphatic rings. The summed E-state index contributed by atoms with van der Waals surface area (Å²) in [5.41, 5.74) is 11.7. The van der Waals surface area contributed by atoms with Gasteiger partial charge in [0.1, 0.15) is 11.6 Å². The third-order valence-electron chi connectivity index (χ3n) is 1.74. The normalized spacial score (nSPS) is 9.12. The average molecular weight is 222 g/mol. The van der Waals surface area contributed by atoms with Gasteiger partial charge in [0.15, 0.2) is 0 Å². The molecule has 0 aromatic heterocycles. The number of nitrogen functional groups attached to an aromatic ring is 2. The number of rotatable bonds is 0. The van der Waals surface area contributed by atoms with Gasteiger partial charge in [-0.05, 0) is 48.5 Å². The second-order valence-electron chi connectivity index (χ2n) is 3.10. The Bertz CT molecular complexity index is 338. The maximum Gasteiger partial charge on any atom is 0.123 e. The Labute approximate surface area is 92.5 Å². The summed E-state index contributed by atoms with van der Waals surface area (Å²) in [5, 5.41) is 0. The molecule has 0 saturated carbocycles. The van der Waals surface area contributed by atoms with Gasteiger partial charge in [-0.1, -0.05) is 0 Å². The van der Waals surface area contributed by atoms with Gasteiger partial charge < -0.3 is 11.5 Å². The second-order valence-corrected chi connectivity index (χ2v) is 3.10. The highest BCUT2D eigenvalue weighted by molar-refractivity contribution is 5.37. The van der Waals surface area contributed by atoms with Crippen molar-refractivity contribution in [2.75, 3.05) is 11.5 Å². The molecule has 2 aromatic carbocycles. The Morgan fingerprint density at radius 1 is 0.562 bits per heavy atom. The first-order chi connectivity index (χ1) is 7.58. The van der Waals surface area contributed by atoms with Gasteiger partial charge in [0, 0.05) is 11.4 Å². The molecule has 0 fully saturated rings. The maximum atomic E-state index is 12.0. The first kappa shape index (κ1) is 12.0. The third kappa shape index (κ3) is 4.41. The molecular formula is C12H12F2N2. The molecule has 0 saturated heterocycles. The molecule has 0 radical (unpaired) electrons. The van der Waals surface area contributed by atoms with Gasteiger partial charge in [0.25, 0.3) is 0 Å². The Morgan fingerprint density at radius 3 is 1.00 bits per heavy atom. The third-order valence-corrected chi connectivity index (χ3v) is 1.74. The van der Waals surface area contributed by atoms with Crippen LogP contribution in [-0.4, -0.2) is 0 Å². The van der Waals surface area contributed by atoms with Crippen LogP contribution in [0.3, 0.4) is 0 Å². The van der Waals surface area contributed by atoms with Crippen LogP contribution < -0.4 is 11.5 Å². The summed E-state index contributed by atoms with van der Waals surface area (Å²) in [6, 6.07) is 11.4. The Kier molecular flexibility index (Phi) is 4.27. The maximum absolute atomic E-state index is 12.0. The van der Waals surface area contributed by atoms with Crippen molar-refractivity contribution in [1.29, 1.82) is 0 Å². The predicted molar refractivity (Wildman–Crippen MR) is 61.6 cm³/mol. The topological polar surface area (TPSA) is 52.0 Å². The molecule has 0 bridgehead atoms. The number of nitrogens with two attached hydrogens (primary N) is 2. The van der Waals surface area contributed by atoms with Gasteiger partial charge in [-0.15, -0.1) is 0 Å². The van der Waals surface area contributed by atoms with Crippen LogP contribution in [-0.2, 0) is 0 Å². The first-order valence-corrected chi connectivity index (χ1v) is 4.60. The van der Waals surface area contributed by atoms with E-state index in [1.165, 1.54) is 48.5 Å². The summed E-state index contributed by atoms with van der Waals surface area (Å²) < 4.78 is 24.1. The average Bonchev–Trinajstić information content (AvgIpc) is 2.28. The molecule has 4 heteroatoms. The monoisotopic (exact) mass is 222 g/mol. The highest BCUT2D eigenvalue weighted by Gasteiger charge is 1.84. The summed E-state index contributed by atoms with van der Waals surface area (Å²) in [6.45, 7) is 0. The molecule has 0 aliphatic carbocycles. The van der Waals surface area contributed by atoms with E-state index in [4.69, 9.17) is 11.5 Å². The van der Waals surface area contributed by atoms with E-state index in [1.54, 1.807) is 0 Å². The summed E-state index contributed by atoms with van der Waals surface area (Å²) in [6.07, 6.45) is 0. The van der Waals surface area contributed by atoms with E-state index in [9.17, 15) is 8.78 Å². The molecule has 2 aromatic rings. The van der Waals surface area contributed by atoms with E-state index in [2.05, 4.69) is 0 Å².